The molecule has 1 heterocycles. The Hall–Kier alpha value is -0.0100. The van der Waals surface area contributed by atoms with Gasteiger partial charge in [0.05, 0.1) is 15.3 Å². The Kier molecular flexibility index (Phi) is 6.20. The van der Waals surface area contributed by atoms with Crippen molar-refractivity contribution < 1.29 is 17.9 Å². The Morgan fingerprint density at radius 3 is 2.61 bits per heavy atom. The van der Waals surface area contributed by atoms with Crippen molar-refractivity contribution >= 4 is 34.5 Å². The Morgan fingerprint density at radius 1 is 1.44 bits per heavy atom. The van der Waals surface area contributed by atoms with Crippen molar-refractivity contribution in [1.82, 2.24) is 5.32 Å². The molecule has 0 amide bonds. The molecule has 18 heavy (non-hydrogen) atoms. The molecule has 0 saturated heterocycles. The van der Waals surface area contributed by atoms with Crippen LogP contribution in [0.5, 0.6) is 0 Å². The van der Waals surface area contributed by atoms with E-state index < -0.39 is 12.8 Å². The van der Waals surface area contributed by atoms with Crippen molar-refractivity contribution in [2.45, 2.75) is 19.1 Å². The zero-order valence-electron chi connectivity index (χ0n) is 9.48. The molecule has 1 aromatic rings. The van der Waals surface area contributed by atoms with Crippen molar-refractivity contribution in [2.75, 3.05) is 19.8 Å². The van der Waals surface area contributed by atoms with E-state index in [1.165, 1.54) is 11.3 Å². The smallest absolute Gasteiger partial charge is 0.371 e. The van der Waals surface area contributed by atoms with E-state index in [0.717, 1.165) is 5.56 Å². The molecule has 0 aliphatic carbocycles. The number of ether oxygens (including phenoxy) is 1. The van der Waals surface area contributed by atoms with Gasteiger partial charge < -0.3 is 10.1 Å². The minimum Gasteiger partial charge on any atom is -0.371 e. The average molecular weight is 322 g/mol. The number of rotatable bonds is 6. The lowest BCUT2D eigenvalue weighted by atomic mass is 10.2. The number of thiophene rings is 1. The number of hydrogen-bond donors (Lipinski definition) is 1. The van der Waals surface area contributed by atoms with Crippen LogP contribution in [0.1, 0.15) is 18.5 Å². The Balaban J connectivity index is 2.26. The summed E-state index contributed by atoms with van der Waals surface area (Å²) in [6.45, 7) is 0.919. The summed E-state index contributed by atoms with van der Waals surface area (Å²) >= 11 is 13.0. The maximum absolute atomic E-state index is 11.8. The molecule has 2 nitrogen and oxygen atoms in total. The number of alkyl halides is 3. The minimum atomic E-state index is -4.28. The van der Waals surface area contributed by atoms with Gasteiger partial charge in [-0.2, -0.15) is 13.2 Å². The lowest BCUT2D eigenvalue weighted by Gasteiger charge is -2.13. The molecule has 0 spiro atoms. The summed E-state index contributed by atoms with van der Waals surface area (Å²) in [5, 5.41) is 3.01. The highest BCUT2D eigenvalue weighted by molar-refractivity contribution is 7.20. The molecule has 104 valence electrons. The molecule has 0 saturated carbocycles. The minimum absolute atomic E-state index is 0.0145. The number of hydrogen-bond acceptors (Lipinski definition) is 3. The highest BCUT2D eigenvalue weighted by Gasteiger charge is 2.27. The normalized spacial score (nSPS) is 13.9. The molecule has 0 radical (unpaired) electrons. The van der Waals surface area contributed by atoms with E-state index in [1.807, 2.05) is 6.92 Å². The van der Waals surface area contributed by atoms with Crippen LogP contribution in [-0.4, -0.2) is 25.9 Å². The van der Waals surface area contributed by atoms with Crippen LogP contribution < -0.4 is 5.32 Å². The molecule has 0 aliphatic heterocycles. The largest absolute Gasteiger partial charge is 0.411 e. The van der Waals surface area contributed by atoms with Crippen molar-refractivity contribution in [3.8, 4) is 0 Å². The van der Waals surface area contributed by atoms with Gasteiger partial charge in [0.1, 0.15) is 6.61 Å². The molecular weight excluding hydrogens is 310 g/mol. The van der Waals surface area contributed by atoms with E-state index in [2.05, 4.69) is 10.1 Å². The first kappa shape index (κ1) is 16.0. The third kappa shape index (κ3) is 5.75. The van der Waals surface area contributed by atoms with Gasteiger partial charge in [0.15, 0.2) is 0 Å². The van der Waals surface area contributed by atoms with Crippen LogP contribution in [0.3, 0.4) is 0 Å². The fourth-order valence-electron chi connectivity index (χ4n) is 1.29. The molecule has 1 rings (SSSR count). The monoisotopic (exact) mass is 321 g/mol. The van der Waals surface area contributed by atoms with Crippen LogP contribution in [0.15, 0.2) is 6.07 Å². The van der Waals surface area contributed by atoms with Gasteiger partial charge in [-0.05, 0) is 18.6 Å². The predicted octanol–water partition coefficient (Wildman–Crippen LogP) is 4.28. The Morgan fingerprint density at radius 2 is 2.11 bits per heavy atom. The van der Waals surface area contributed by atoms with E-state index >= 15 is 0 Å². The van der Waals surface area contributed by atoms with Crippen molar-refractivity contribution in [3.05, 3.63) is 20.3 Å². The van der Waals surface area contributed by atoms with Crippen LogP contribution in [0.4, 0.5) is 13.2 Å². The summed E-state index contributed by atoms with van der Waals surface area (Å²) in [6, 6.07) is 1.65. The zero-order chi connectivity index (χ0) is 13.8. The van der Waals surface area contributed by atoms with Crippen LogP contribution in [0, 0.1) is 0 Å². The van der Waals surface area contributed by atoms with E-state index in [1.54, 1.807) is 6.07 Å². The lowest BCUT2D eigenvalue weighted by Crippen LogP contribution is -2.25. The van der Waals surface area contributed by atoms with Crippen molar-refractivity contribution in [2.24, 2.45) is 0 Å². The number of halogens is 5. The fourth-order valence-corrected chi connectivity index (χ4v) is 2.94. The van der Waals surface area contributed by atoms with E-state index in [9.17, 15) is 13.2 Å². The quantitative estimate of drug-likeness (QED) is 0.789. The maximum atomic E-state index is 11.8. The number of nitrogens with one attached hydrogen (secondary N) is 1. The maximum Gasteiger partial charge on any atom is 0.411 e. The third-order valence-corrected chi connectivity index (χ3v) is 3.63. The summed E-state index contributed by atoms with van der Waals surface area (Å²) < 4.78 is 41.0. The topological polar surface area (TPSA) is 21.3 Å². The van der Waals surface area contributed by atoms with Crippen LogP contribution >= 0.6 is 34.5 Å². The van der Waals surface area contributed by atoms with Crippen LogP contribution in [0.25, 0.3) is 0 Å². The fraction of sp³-hybridized carbons (Fsp3) is 0.600. The second-order valence-corrected chi connectivity index (χ2v) is 5.91. The van der Waals surface area contributed by atoms with Gasteiger partial charge in [0, 0.05) is 12.6 Å². The van der Waals surface area contributed by atoms with Gasteiger partial charge >= 0.3 is 6.18 Å². The van der Waals surface area contributed by atoms with Gasteiger partial charge in [-0.15, -0.1) is 11.3 Å². The molecule has 0 aromatic carbocycles. The molecular formula is C10H12Cl2F3NOS. The zero-order valence-corrected chi connectivity index (χ0v) is 11.8. The summed E-state index contributed by atoms with van der Waals surface area (Å²) in [5.74, 6) is 0. The highest BCUT2D eigenvalue weighted by atomic mass is 35.5. The lowest BCUT2D eigenvalue weighted by molar-refractivity contribution is -0.173. The molecule has 1 aromatic heterocycles. The second-order valence-electron chi connectivity index (χ2n) is 3.62. The standard InChI is InChI=1S/C10H12Cl2F3NOS/c1-6(7-4-8(11)18-9(7)12)16-2-3-17-5-10(13,14)15/h4,6,16H,2-3,5H2,1H3. The van der Waals surface area contributed by atoms with E-state index in [-0.39, 0.29) is 12.6 Å². The van der Waals surface area contributed by atoms with Gasteiger partial charge in [-0.25, -0.2) is 0 Å². The third-order valence-electron chi connectivity index (χ3n) is 2.11. The van der Waals surface area contributed by atoms with Crippen molar-refractivity contribution in [3.63, 3.8) is 0 Å². The van der Waals surface area contributed by atoms with E-state index in [4.69, 9.17) is 23.2 Å². The Bertz CT molecular complexity index is 384. The predicted molar refractivity (Wildman–Crippen MR) is 67.6 cm³/mol. The summed E-state index contributed by atoms with van der Waals surface area (Å²) in [4.78, 5) is 0. The molecule has 8 heteroatoms. The molecule has 1 atom stereocenters. The van der Waals surface area contributed by atoms with Gasteiger partial charge in [0.2, 0.25) is 0 Å². The summed E-state index contributed by atoms with van der Waals surface area (Å²) in [5.41, 5.74) is 0.836. The second kappa shape index (κ2) is 6.96. The van der Waals surface area contributed by atoms with Crippen LogP contribution in [0.2, 0.25) is 8.67 Å². The molecule has 0 aliphatic rings. The van der Waals surface area contributed by atoms with Gasteiger partial charge in [-0.3, -0.25) is 0 Å². The first-order chi connectivity index (χ1) is 8.29. The van der Waals surface area contributed by atoms with Gasteiger partial charge in [0.25, 0.3) is 0 Å². The summed E-state index contributed by atoms with van der Waals surface area (Å²) in [6.07, 6.45) is -4.28. The molecule has 1 N–H and O–H groups in total. The average Bonchev–Trinajstić information content (AvgIpc) is 2.55. The highest BCUT2D eigenvalue weighted by Crippen LogP contribution is 2.34. The summed E-state index contributed by atoms with van der Waals surface area (Å²) in [7, 11) is 0. The SMILES string of the molecule is CC(NCCOCC(F)(F)F)c1cc(Cl)sc1Cl. The van der Waals surface area contributed by atoms with Crippen LogP contribution in [-0.2, 0) is 4.74 Å². The molecule has 0 bridgehead atoms. The molecule has 0 fully saturated rings. The molecule has 1 unspecified atom stereocenters. The van der Waals surface area contributed by atoms with Crippen molar-refractivity contribution in [1.29, 1.82) is 0 Å². The first-order valence-electron chi connectivity index (χ1n) is 5.12. The van der Waals surface area contributed by atoms with Gasteiger partial charge in [-0.1, -0.05) is 23.2 Å². The Labute approximate surface area is 117 Å². The van der Waals surface area contributed by atoms with E-state index in [0.29, 0.717) is 15.2 Å². The first-order valence-corrected chi connectivity index (χ1v) is 6.69.